The molecule has 5 nitrogen and oxygen atoms in total. The second-order valence-corrected chi connectivity index (χ2v) is 3.82. The zero-order valence-electron chi connectivity index (χ0n) is 8.59. The quantitative estimate of drug-likeness (QED) is 0.755. The van der Waals surface area contributed by atoms with E-state index >= 15 is 0 Å². The van der Waals surface area contributed by atoms with Gasteiger partial charge in [0.1, 0.15) is 0 Å². The van der Waals surface area contributed by atoms with Crippen molar-refractivity contribution in [2.24, 2.45) is 11.8 Å². The van der Waals surface area contributed by atoms with Crippen LogP contribution in [0.3, 0.4) is 0 Å². The van der Waals surface area contributed by atoms with Gasteiger partial charge in [0.2, 0.25) is 5.91 Å². The van der Waals surface area contributed by atoms with Crippen LogP contribution in [0.5, 0.6) is 0 Å². The monoisotopic (exact) mass is 220 g/mol. The Morgan fingerprint density at radius 1 is 1.56 bits per heavy atom. The van der Waals surface area contributed by atoms with E-state index in [1.807, 2.05) is 6.07 Å². The van der Waals surface area contributed by atoms with Gasteiger partial charge in [-0.05, 0) is 12.1 Å². The molecule has 0 radical (unpaired) electrons. The summed E-state index contributed by atoms with van der Waals surface area (Å²) in [4.78, 5) is 26.5. The van der Waals surface area contributed by atoms with E-state index in [4.69, 9.17) is 5.11 Å². The fourth-order valence-electron chi connectivity index (χ4n) is 1.91. The summed E-state index contributed by atoms with van der Waals surface area (Å²) in [5, 5.41) is 11.5. The normalized spacial score (nSPS) is 24.1. The molecule has 5 heteroatoms. The molecule has 0 aromatic carbocycles. The lowest BCUT2D eigenvalue weighted by molar-refractivity contribution is -0.143. The molecule has 0 aliphatic carbocycles. The summed E-state index contributed by atoms with van der Waals surface area (Å²) in [6.45, 7) is 0.214. The Bertz CT molecular complexity index is 405. The molecule has 1 aliphatic rings. The van der Waals surface area contributed by atoms with Crippen molar-refractivity contribution in [2.45, 2.75) is 6.42 Å². The van der Waals surface area contributed by atoms with Gasteiger partial charge >= 0.3 is 5.97 Å². The van der Waals surface area contributed by atoms with E-state index in [-0.39, 0.29) is 12.5 Å². The van der Waals surface area contributed by atoms with Crippen molar-refractivity contribution in [1.82, 2.24) is 10.3 Å². The topological polar surface area (TPSA) is 79.3 Å². The minimum absolute atomic E-state index is 0.196. The van der Waals surface area contributed by atoms with Crippen molar-refractivity contribution in [1.29, 1.82) is 0 Å². The Morgan fingerprint density at radius 3 is 3.00 bits per heavy atom. The molecule has 16 heavy (non-hydrogen) atoms. The number of nitrogens with zero attached hydrogens (tertiary/aromatic N) is 1. The second-order valence-electron chi connectivity index (χ2n) is 3.82. The highest BCUT2D eigenvalue weighted by molar-refractivity contribution is 5.88. The summed E-state index contributed by atoms with van der Waals surface area (Å²) in [5.41, 5.74) is 0.746. The van der Waals surface area contributed by atoms with Gasteiger partial charge in [-0.15, -0.1) is 0 Å². The number of rotatable bonds is 3. The van der Waals surface area contributed by atoms with Gasteiger partial charge in [0, 0.05) is 24.9 Å². The molecule has 1 aromatic rings. The van der Waals surface area contributed by atoms with Crippen LogP contribution >= 0.6 is 0 Å². The summed E-state index contributed by atoms with van der Waals surface area (Å²) >= 11 is 0. The summed E-state index contributed by atoms with van der Waals surface area (Å²) in [5.74, 6) is -2.28. The van der Waals surface area contributed by atoms with Gasteiger partial charge in [-0.3, -0.25) is 14.6 Å². The maximum Gasteiger partial charge on any atom is 0.309 e. The summed E-state index contributed by atoms with van der Waals surface area (Å²) < 4.78 is 0. The molecule has 0 saturated carbocycles. The molecule has 0 spiro atoms. The number of carbonyl (C=O) groups is 2. The third-order valence-electron chi connectivity index (χ3n) is 2.79. The Morgan fingerprint density at radius 2 is 2.38 bits per heavy atom. The van der Waals surface area contributed by atoms with Gasteiger partial charge in [-0.2, -0.15) is 0 Å². The number of hydrogen-bond acceptors (Lipinski definition) is 3. The van der Waals surface area contributed by atoms with E-state index in [1.165, 1.54) is 0 Å². The number of nitrogens with one attached hydrogen (secondary N) is 1. The van der Waals surface area contributed by atoms with Crippen molar-refractivity contribution >= 4 is 11.9 Å². The zero-order chi connectivity index (χ0) is 11.5. The van der Waals surface area contributed by atoms with Crippen LogP contribution in [-0.4, -0.2) is 28.5 Å². The number of amides is 1. The van der Waals surface area contributed by atoms with E-state index in [1.54, 1.807) is 18.3 Å². The van der Waals surface area contributed by atoms with Gasteiger partial charge in [0.25, 0.3) is 0 Å². The summed E-state index contributed by atoms with van der Waals surface area (Å²) in [6.07, 6.45) is 2.02. The summed E-state index contributed by atoms with van der Waals surface area (Å²) in [7, 11) is 0. The van der Waals surface area contributed by atoms with Crippen LogP contribution in [0.2, 0.25) is 0 Å². The molecule has 1 amide bonds. The van der Waals surface area contributed by atoms with Gasteiger partial charge in [-0.25, -0.2) is 0 Å². The van der Waals surface area contributed by atoms with E-state index < -0.39 is 17.8 Å². The van der Waals surface area contributed by atoms with Crippen LogP contribution in [0, 0.1) is 11.8 Å². The fraction of sp³-hybridized carbons (Fsp3) is 0.364. The molecule has 1 saturated heterocycles. The van der Waals surface area contributed by atoms with E-state index in [9.17, 15) is 9.59 Å². The molecule has 0 unspecified atom stereocenters. The van der Waals surface area contributed by atoms with Crippen LogP contribution in [0.15, 0.2) is 24.4 Å². The Labute approximate surface area is 92.5 Å². The smallest absolute Gasteiger partial charge is 0.309 e. The first-order chi connectivity index (χ1) is 7.68. The van der Waals surface area contributed by atoms with Gasteiger partial charge in [0.05, 0.1) is 11.8 Å². The van der Waals surface area contributed by atoms with Crippen molar-refractivity contribution in [3.63, 3.8) is 0 Å². The highest BCUT2D eigenvalue weighted by Gasteiger charge is 2.39. The van der Waals surface area contributed by atoms with Crippen LogP contribution in [0.1, 0.15) is 5.69 Å². The lowest BCUT2D eigenvalue weighted by atomic mass is 9.91. The highest BCUT2D eigenvalue weighted by atomic mass is 16.4. The minimum atomic E-state index is -0.931. The number of pyridine rings is 1. The summed E-state index contributed by atoms with van der Waals surface area (Å²) in [6, 6.07) is 5.41. The van der Waals surface area contributed by atoms with E-state index in [2.05, 4.69) is 10.3 Å². The van der Waals surface area contributed by atoms with E-state index in [0.717, 1.165) is 5.69 Å². The molecule has 2 atom stereocenters. The predicted molar refractivity (Wildman–Crippen MR) is 55.6 cm³/mol. The second kappa shape index (κ2) is 4.30. The number of aromatic nitrogens is 1. The molecule has 2 rings (SSSR count). The molecule has 2 heterocycles. The van der Waals surface area contributed by atoms with Crippen molar-refractivity contribution in [3.8, 4) is 0 Å². The Kier molecular flexibility index (Phi) is 2.85. The lowest BCUT2D eigenvalue weighted by Crippen LogP contribution is -2.26. The van der Waals surface area contributed by atoms with Crippen LogP contribution in [-0.2, 0) is 16.0 Å². The maximum atomic E-state index is 11.5. The highest BCUT2D eigenvalue weighted by Crippen LogP contribution is 2.21. The average Bonchev–Trinajstić information content (AvgIpc) is 2.62. The number of carbonyl (C=O) groups excluding carboxylic acids is 1. The Hall–Kier alpha value is -1.91. The molecular weight excluding hydrogens is 208 g/mol. The first-order valence-corrected chi connectivity index (χ1v) is 5.09. The molecule has 1 aliphatic heterocycles. The van der Waals surface area contributed by atoms with Crippen molar-refractivity contribution in [2.75, 3.05) is 6.54 Å². The third-order valence-corrected chi connectivity index (χ3v) is 2.79. The van der Waals surface area contributed by atoms with Gasteiger partial charge < -0.3 is 10.4 Å². The Balaban J connectivity index is 2.13. The number of hydrogen-bond donors (Lipinski definition) is 2. The molecule has 2 N–H and O–H groups in total. The number of carboxylic acid groups (broad SMARTS) is 1. The van der Waals surface area contributed by atoms with Gasteiger partial charge in [0.15, 0.2) is 0 Å². The predicted octanol–water partition coefficient (Wildman–Crippen LogP) is 0.0709. The average molecular weight is 220 g/mol. The van der Waals surface area contributed by atoms with Crippen LogP contribution in [0.4, 0.5) is 0 Å². The standard InChI is InChI=1S/C11H12N2O3/c14-10-8(9(6-13-10)11(15)16)5-7-3-1-2-4-12-7/h1-4,8-9H,5-6H2,(H,13,14)(H,15,16)/t8-,9+/m1/s1. The maximum absolute atomic E-state index is 11.5. The minimum Gasteiger partial charge on any atom is -0.481 e. The number of carboxylic acids is 1. The van der Waals surface area contributed by atoms with E-state index in [0.29, 0.717) is 6.42 Å². The van der Waals surface area contributed by atoms with Crippen LogP contribution in [0.25, 0.3) is 0 Å². The third kappa shape index (κ3) is 2.03. The van der Waals surface area contributed by atoms with Gasteiger partial charge in [-0.1, -0.05) is 6.07 Å². The lowest BCUT2D eigenvalue weighted by Gasteiger charge is -2.11. The van der Waals surface area contributed by atoms with Crippen molar-refractivity contribution < 1.29 is 14.7 Å². The molecule has 1 fully saturated rings. The largest absolute Gasteiger partial charge is 0.481 e. The molecule has 0 bridgehead atoms. The van der Waals surface area contributed by atoms with Crippen LogP contribution < -0.4 is 5.32 Å². The molecule has 1 aromatic heterocycles. The first kappa shape index (κ1) is 10.6. The SMILES string of the molecule is O=C(O)[C@H]1CNC(=O)[C@@H]1Cc1ccccn1. The molecule has 84 valence electrons. The first-order valence-electron chi connectivity index (χ1n) is 5.09. The fourth-order valence-corrected chi connectivity index (χ4v) is 1.91. The number of aliphatic carboxylic acids is 1. The molecular formula is C11H12N2O3. The van der Waals surface area contributed by atoms with Crippen molar-refractivity contribution in [3.05, 3.63) is 30.1 Å². The zero-order valence-corrected chi connectivity index (χ0v) is 8.59.